The fraction of sp³-hybridized carbons (Fsp3) is 0.600. The van der Waals surface area contributed by atoms with Gasteiger partial charge >= 0.3 is 0 Å². The summed E-state index contributed by atoms with van der Waals surface area (Å²) in [7, 11) is 0. The standard InChI is InChI=1S/C5H11NO/c1-4(2)5(3)7-6/h5H,1,6H2,2-3H3. The fourth-order valence-electron chi connectivity index (χ4n) is 0.116. The SMILES string of the molecule is C=C(C)C(C)ON. The summed E-state index contributed by atoms with van der Waals surface area (Å²) in [5, 5.41) is 0. The van der Waals surface area contributed by atoms with Crippen molar-refractivity contribution in [1.82, 2.24) is 0 Å². The molecule has 1 unspecified atom stereocenters. The van der Waals surface area contributed by atoms with E-state index in [1.807, 2.05) is 13.8 Å². The van der Waals surface area contributed by atoms with E-state index >= 15 is 0 Å². The van der Waals surface area contributed by atoms with Crippen molar-refractivity contribution in [3.63, 3.8) is 0 Å². The second kappa shape index (κ2) is 2.77. The molecule has 0 rings (SSSR count). The molecule has 2 N–H and O–H groups in total. The summed E-state index contributed by atoms with van der Waals surface area (Å²) >= 11 is 0. The van der Waals surface area contributed by atoms with E-state index in [4.69, 9.17) is 5.90 Å². The molecule has 2 nitrogen and oxygen atoms in total. The minimum absolute atomic E-state index is 0.0139. The molecule has 0 radical (unpaired) electrons. The monoisotopic (exact) mass is 101 g/mol. The maximum absolute atomic E-state index is 4.81. The Morgan fingerprint density at radius 2 is 2.29 bits per heavy atom. The molecule has 42 valence electrons. The van der Waals surface area contributed by atoms with Crippen LogP contribution < -0.4 is 5.90 Å². The number of hydrogen-bond donors (Lipinski definition) is 1. The molecule has 0 aliphatic rings. The average Bonchev–Trinajstić information content (AvgIpc) is 1.65. The summed E-state index contributed by atoms with van der Waals surface area (Å²) in [6.45, 7) is 7.34. The maximum atomic E-state index is 4.81. The molecule has 0 amide bonds. The van der Waals surface area contributed by atoms with E-state index in [-0.39, 0.29) is 6.10 Å². The molecule has 0 aliphatic heterocycles. The molecular weight excluding hydrogens is 90.1 g/mol. The second-order valence-electron chi connectivity index (χ2n) is 1.62. The molecule has 7 heavy (non-hydrogen) atoms. The third-order valence-corrected chi connectivity index (χ3v) is 0.898. The van der Waals surface area contributed by atoms with Crippen LogP contribution in [-0.2, 0) is 4.84 Å². The van der Waals surface area contributed by atoms with Gasteiger partial charge in [-0.3, -0.25) is 4.84 Å². The highest BCUT2D eigenvalue weighted by molar-refractivity contribution is 4.94. The van der Waals surface area contributed by atoms with E-state index in [2.05, 4.69) is 11.4 Å². The van der Waals surface area contributed by atoms with Crippen LogP contribution in [0, 0.1) is 0 Å². The lowest BCUT2D eigenvalue weighted by Crippen LogP contribution is -2.13. The fourth-order valence-corrected chi connectivity index (χ4v) is 0.116. The maximum Gasteiger partial charge on any atom is 0.0963 e. The zero-order valence-corrected chi connectivity index (χ0v) is 4.77. The van der Waals surface area contributed by atoms with Gasteiger partial charge in [0.25, 0.3) is 0 Å². The van der Waals surface area contributed by atoms with E-state index in [1.54, 1.807) is 0 Å². The molecule has 0 bridgehead atoms. The van der Waals surface area contributed by atoms with Crippen LogP contribution in [0.2, 0.25) is 0 Å². The van der Waals surface area contributed by atoms with Gasteiger partial charge in [0.05, 0.1) is 6.10 Å². The Balaban J connectivity index is 3.34. The van der Waals surface area contributed by atoms with Crippen LogP contribution in [0.15, 0.2) is 12.2 Å². The average molecular weight is 101 g/mol. The molecule has 0 fully saturated rings. The Hall–Kier alpha value is -0.340. The molecule has 0 spiro atoms. The van der Waals surface area contributed by atoms with Crippen molar-refractivity contribution >= 4 is 0 Å². The van der Waals surface area contributed by atoms with Gasteiger partial charge in [-0.05, 0) is 13.8 Å². The Morgan fingerprint density at radius 3 is 2.29 bits per heavy atom. The van der Waals surface area contributed by atoms with E-state index < -0.39 is 0 Å². The van der Waals surface area contributed by atoms with Crippen molar-refractivity contribution in [2.75, 3.05) is 0 Å². The van der Waals surface area contributed by atoms with Crippen molar-refractivity contribution in [1.29, 1.82) is 0 Å². The molecule has 0 aromatic rings. The van der Waals surface area contributed by atoms with Crippen LogP contribution in [0.3, 0.4) is 0 Å². The lowest BCUT2D eigenvalue weighted by Gasteiger charge is -2.04. The Labute approximate surface area is 43.9 Å². The summed E-state index contributed by atoms with van der Waals surface area (Å²) in [5.41, 5.74) is 0.947. The van der Waals surface area contributed by atoms with Gasteiger partial charge in [-0.15, -0.1) is 0 Å². The highest BCUT2D eigenvalue weighted by Crippen LogP contribution is 1.96. The van der Waals surface area contributed by atoms with Gasteiger partial charge in [0.2, 0.25) is 0 Å². The van der Waals surface area contributed by atoms with Gasteiger partial charge in [0, 0.05) is 0 Å². The van der Waals surface area contributed by atoms with Gasteiger partial charge in [0.15, 0.2) is 0 Å². The van der Waals surface area contributed by atoms with Gasteiger partial charge in [0.1, 0.15) is 0 Å². The zero-order valence-electron chi connectivity index (χ0n) is 4.77. The minimum atomic E-state index is -0.0139. The molecule has 2 heteroatoms. The predicted octanol–water partition coefficient (Wildman–Crippen LogP) is 0.841. The Morgan fingerprint density at radius 1 is 1.86 bits per heavy atom. The highest BCUT2D eigenvalue weighted by Gasteiger charge is 1.96. The van der Waals surface area contributed by atoms with Crippen molar-refractivity contribution < 1.29 is 4.84 Å². The first-order valence-corrected chi connectivity index (χ1v) is 2.19. The van der Waals surface area contributed by atoms with E-state index in [9.17, 15) is 0 Å². The third kappa shape index (κ3) is 2.37. The molecule has 0 aliphatic carbocycles. The molecule has 1 atom stereocenters. The lowest BCUT2D eigenvalue weighted by molar-refractivity contribution is 0.0918. The van der Waals surface area contributed by atoms with E-state index in [1.165, 1.54) is 0 Å². The number of nitrogens with two attached hydrogens (primary N) is 1. The molecule has 0 heterocycles. The van der Waals surface area contributed by atoms with Gasteiger partial charge in [-0.1, -0.05) is 12.2 Å². The predicted molar refractivity (Wildman–Crippen MR) is 29.5 cm³/mol. The van der Waals surface area contributed by atoms with E-state index in [0.29, 0.717) is 0 Å². The van der Waals surface area contributed by atoms with Gasteiger partial charge in [-0.2, -0.15) is 0 Å². The largest absolute Gasteiger partial charge is 0.297 e. The molecule has 0 aromatic carbocycles. The van der Waals surface area contributed by atoms with Crippen LogP contribution in [0.1, 0.15) is 13.8 Å². The minimum Gasteiger partial charge on any atom is -0.297 e. The van der Waals surface area contributed by atoms with Crippen molar-refractivity contribution in [2.24, 2.45) is 5.90 Å². The van der Waals surface area contributed by atoms with Crippen LogP contribution in [0.4, 0.5) is 0 Å². The highest BCUT2D eigenvalue weighted by atomic mass is 16.6. The van der Waals surface area contributed by atoms with E-state index in [0.717, 1.165) is 5.57 Å². The summed E-state index contributed by atoms with van der Waals surface area (Å²) in [5.74, 6) is 4.81. The summed E-state index contributed by atoms with van der Waals surface area (Å²) in [6, 6.07) is 0. The van der Waals surface area contributed by atoms with Crippen LogP contribution in [0.5, 0.6) is 0 Å². The molecule has 0 aromatic heterocycles. The molecular formula is C5H11NO. The third-order valence-electron chi connectivity index (χ3n) is 0.898. The quantitative estimate of drug-likeness (QED) is 0.413. The molecule has 0 saturated heterocycles. The van der Waals surface area contributed by atoms with Gasteiger partial charge in [-0.25, -0.2) is 5.90 Å². The topological polar surface area (TPSA) is 35.2 Å². The first-order valence-electron chi connectivity index (χ1n) is 2.19. The number of rotatable bonds is 2. The normalized spacial score (nSPS) is 13.6. The van der Waals surface area contributed by atoms with Crippen molar-refractivity contribution in [3.8, 4) is 0 Å². The summed E-state index contributed by atoms with van der Waals surface area (Å²) in [4.78, 5) is 4.41. The van der Waals surface area contributed by atoms with Crippen molar-refractivity contribution in [2.45, 2.75) is 20.0 Å². The lowest BCUT2D eigenvalue weighted by atomic mass is 10.2. The van der Waals surface area contributed by atoms with Crippen molar-refractivity contribution in [3.05, 3.63) is 12.2 Å². The number of hydrogen-bond acceptors (Lipinski definition) is 2. The van der Waals surface area contributed by atoms with Crippen LogP contribution in [-0.4, -0.2) is 6.10 Å². The summed E-state index contributed by atoms with van der Waals surface area (Å²) in [6.07, 6.45) is -0.0139. The smallest absolute Gasteiger partial charge is 0.0963 e. The zero-order chi connectivity index (χ0) is 5.86. The molecule has 0 saturated carbocycles. The second-order valence-corrected chi connectivity index (χ2v) is 1.62. The summed E-state index contributed by atoms with van der Waals surface area (Å²) < 4.78 is 0. The first-order chi connectivity index (χ1) is 3.18. The van der Waals surface area contributed by atoms with Crippen LogP contribution >= 0.6 is 0 Å². The Bertz CT molecular complexity index is 70.5. The first kappa shape index (κ1) is 6.66. The van der Waals surface area contributed by atoms with Crippen LogP contribution in [0.25, 0.3) is 0 Å². The van der Waals surface area contributed by atoms with Gasteiger partial charge < -0.3 is 0 Å². The Kier molecular flexibility index (Phi) is 2.64.